The number of hydrogen-bond donors (Lipinski definition) is 1. The third-order valence-electron chi connectivity index (χ3n) is 3.30. The molecule has 0 spiro atoms. The average Bonchev–Trinajstić information content (AvgIpc) is 2.15. The third kappa shape index (κ3) is 3.61. The molecule has 96 valence electrons. The molecule has 0 aromatic rings. The van der Waals surface area contributed by atoms with Crippen LogP contribution in [-0.2, 0) is 4.79 Å². The Morgan fingerprint density at radius 3 is 2.56 bits per heavy atom. The van der Waals surface area contributed by atoms with Crippen molar-refractivity contribution in [1.29, 1.82) is 0 Å². The van der Waals surface area contributed by atoms with E-state index in [1.54, 1.807) is 6.92 Å². The molecule has 1 fully saturated rings. The molecule has 2 unspecified atom stereocenters. The van der Waals surface area contributed by atoms with Crippen molar-refractivity contribution < 1.29 is 4.79 Å². The molecule has 1 rings (SSSR count). The lowest BCUT2D eigenvalue weighted by Crippen LogP contribution is -2.52. The first-order valence-corrected chi connectivity index (χ1v) is 5.64. The van der Waals surface area contributed by atoms with Gasteiger partial charge < -0.3 is 15.5 Å². The van der Waals surface area contributed by atoms with Gasteiger partial charge in [-0.25, -0.2) is 0 Å². The van der Waals surface area contributed by atoms with Crippen LogP contribution in [0.2, 0.25) is 0 Å². The van der Waals surface area contributed by atoms with Crippen molar-refractivity contribution >= 4 is 18.3 Å². The van der Waals surface area contributed by atoms with Crippen LogP contribution >= 0.6 is 12.4 Å². The van der Waals surface area contributed by atoms with Crippen LogP contribution in [0.15, 0.2) is 0 Å². The summed E-state index contributed by atoms with van der Waals surface area (Å²) in [5.74, 6) is 0.577. The Morgan fingerprint density at radius 2 is 2.12 bits per heavy atom. The number of hydrogen-bond acceptors (Lipinski definition) is 3. The smallest absolute Gasteiger partial charge is 0.239 e. The summed E-state index contributed by atoms with van der Waals surface area (Å²) in [6.07, 6.45) is 1.05. The van der Waals surface area contributed by atoms with E-state index < -0.39 is 0 Å². The zero-order valence-corrected chi connectivity index (χ0v) is 11.5. The van der Waals surface area contributed by atoms with Gasteiger partial charge in [-0.15, -0.1) is 12.4 Å². The molecule has 3 atom stereocenters. The number of nitrogens with zero attached hydrogens (tertiary/aromatic N) is 2. The van der Waals surface area contributed by atoms with Gasteiger partial charge in [0, 0.05) is 19.6 Å². The minimum atomic E-state index is -0.387. The third-order valence-corrected chi connectivity index (χ3v) is 3.30. The van der Waals surface area contributed by atoms with Crippen molar-refractivity contribution in [1.82, 2.24) is 9.80 Å². The molecule has 4 nitrogen and oxygen atoms in total. The number of nitrogens with two attached hydrogens (primary N) is 1. The van der Waals surface area contributed by atoms with E-state index in [0.29, 0.717) is 12.0 Å². The van der Waals surface area contributed by atoms with Crippen LogP contribution in [-0.4, -0.2) is 55.0 Å². The molecule has 1 amide bonds. The molecule has 1 aliphatic heterocycles. The summed E-state index contributed by atoms with van der Waals surface area (Å²) < 4.78 is 0. The zero-order chi connectivity index (χ0) is 11.6. The van der Waals surface area contributed by atoms with Crippen molar-refractivity contribution in [3.63, 3.8) is 0 Å². The predicted molar refractivity (Wildman–Crippen MR) is 68.7 cm³/mol. The number of carbonyl (C=O) groups excluding carboxylic acids is 1. The molecular weight excluding hydrogens is 226 g/mol. The van der Waals surface area contributed by atoms with Crippen LogP contribution in [0.1, 0.15) is 20.3 Å². The molecule has 16 heavy (non-hydrogen) atoms. The van der Waals surface area contributed by atoms with E-state index in [9.17, 15) is 4.79 Å². The summed E-state index contributed by atoms with van der Waals surface area (Å²) in [4.78, 5) is 15.9. The van der Waals surface area contributed by atoms with Crippen LogP contribution < -0.4 is 5.73 Å². The van der Waals surface area contributed by atoms with Gasteiger partial charge in [0.15, 0.2) is 0 Å². The van der Waals surface area contributed by atoms with Gasteiger partial charge in [-0.05, 0) is 32.9 Å². The van der Waals surface area contributed by atoms with E-state index in [2.05, 4.69) is 18.9 Å². The second-order valence-electron chi connectivity index (χ2n) is 4.83. The second-order valence-corrected chi connectivity index (χ2v) is 4.83. The lowest BCUT2D eigenvalue weighted by Gasteiger charge is -2.40. The Balaban J connectivity index is 0.00000225. The van der Waals surface area contributed by atoms with Gasteiger partial charge in [0.25, 0.3) is 0 Å². The summed E-state index contributed by atoms with van der Waals surface area (Å²) >= 11 is 0. The Bertz CT molecular complexity index is 235. The fourth-order valence-corrected chi connectivity index (χ4v) is 2.40. The highest BCUT2D eigenvalue weighted by molar-refractivity contribution is 5.85. The number of halogens is 1. The zero-order valence-electron chi connectivity index (χ0n) is 10.6. The molecule has 2 N–H and O–H groups in total. The van der Waals surface area contributed by atoms with Gasteiger partial charge in [-0.1, -0.05) is 6.92 Å². The van der Waals surface area contributed by atoms with Crippen LogP contribution in [0.4, 0.5) is 0 Å². The standard InChI is InChI=1S/C11H23N3O.ClH/c1-8-7-13(3)6-5-10(8)14(4)11(15)9(2)12;/h8-10H,5-7,12H2,1-4H3;1H/t8?,9-,10?;/m1./s1. The van der Waals surface area contributed by atoms with Gasteiger partial charge in [-0.3, -0.25) is 4.79 Å². The molecule has 0 aliphatic carbocycles. The maximum Gasteiger partial charge on any atom is 0.239 e. The summed E-state index contributed by atoms with van der Waals surface area (Å²) in [6, 6.07) is -0.0402. The summed E-state index contributed by atoms with van der Waals surface area (Å²) in [7, 11) is 4.00. The molecule has 1 aliphatic rings. The molecule has 1 saturated heterocycles. The van der Waals surface area contributed by atoms with Crippen LogP contribution in [0.5, 0.6) is 0 Å². The molecule has 1 heterocycles. The molecule has 0 bridgehead atoms. The Labute approximate surface area is 105 Å². The van der Waals surface area contributed by atoms with Crippen LogP contribution in [0.3, 0.4) is 0 Å². The van der Waals surface area contributed by atoms with E-state index in [4.69, 9.17) is 5.73 Å². The van der Waals surface area contributed by atoms with E-state index in [0.717, 1.165) is 19.5 Å². The maximum atomic E-state index is 11.8. The first kappa shape index (κ1) is 15.7. The number of amides is 1. The van der Waals surface area contributed by atoms with E-state index in [1.807, 2.05) is 11.9 Å². The normalized spacial score (nSPS) is 28.1. The van der Waals surface area contributed by atoms with Crippen LogP contribution in [0.25, 0.3) is 0 Å². The van der Waals surface area contributed by atoms with Crippen molar-refractivity contribution in [3.8, 4) is 0 Å². The Morgan fingerprint density at radius 1 is 1.56 bits per heavy atom. The van der Waals surface area contributed by atoms with Crippen molar-refractivity contribution in [2.45, 2.75) is 32.4 Å². The van der Waals surface area contributed by atoms with Gasteiger partial charge in [0.1, 0.15) is 0 Å². The Kier molecular flexibility index (Phi) is 6.30. The predicted octanol–water partition coefficient (Wildman–Crippen LogP) is 0.554. The molecular formula is C11H24ClN3O. The van der Waals surface area contributed by atoms with Crippen molar-refractivity contribution in [2.75, 3.05) is 27.2 Å². The van der Waals surface area contributed by atoms with Gasteiger partial charge in [0.2, 0.25) is 5.91 Å². The number of rotatable bonds is 2. The lowest BCUT2D eigenvalue weighted by atomic mass is 9.92. The SMILES string of the molecule is CC1CN(C)CCC1N(C)C(=O)[C@@H](C)N.Cl. The Hall–Kier alpha value is -0.320. The molecule has 0 radical (unpaired) electrons. The van der Waals surface area contributed by atoms with Gasteiger partial charge in [-0.2, -0.15) is 0 Å². The number of likely N-dealkylation sites (tertiary alicyclic amines) is 1. The minimum Gasteiger partial charge on any atom is -0.341 e. The highest BCUT2D eigenvalue weighted by atomic mass is 35.5. The minimum absolute atomic E-state index is 0. The molecule has 5 heteroatoms. The first-order chi connectivity index (χ1) is 6.93. The van der Waals surface area contributed by atoms with Crippen molar-refractivity contribution in [3.05, 3.63) is 0 Å². The molecule has 0 aromatic carbocycles. The lowest BCUT2D eigenvalue weighted by molar-refractivity contribution is -0.134. The van der Waals surface area contributed by atoms with E-state index >= 15 is 0 Å². The van der Waals surface area contributed by atoms with Gasteiger partial charge in [0.05, 0.1) is 6.04 Å². The number of likely N-dealkylation sites (N-methyl/N-ethyl adjacent to an activating group) is 1. The highest BCUT2D eigenvalue weighted by Crippen LogP contribution is 2.20. The number of carbonyl (C=O) groups is 1. The highest BCUT2D eigenvalue weighted by Gasteiger charge is 2.30. The molecule has 0 saturated carbocycles. The quantitative estimate of drug-likeness (QED) is 0.778. The fourth-order valence-electron chi connectivity index (χ4n) is 2.40. The molecule has 0 aromatic heterocycles. The second kappa shape index (κ2) is 6.42. The topological polar surface area (TPSA) is 49.6 Å². The van der Waals surface area contributed by atoms with E-state index in [1.165, 1.54) is 0 Å². The largest absolute Gasteiger partial charge is 0.341 e. The first-order valence-electron chi connectivity index (χ1n) is 5.64. The van der Waals surface area contributed by atoms with Crippen molar-refractivity contribution in [2.24, 2.45) is 11.7 Å². The van der Waals surface area contributed by atoms with Crippen LogP contribution in [0, 0.1) is 5.92 Å². The van der Waals surface area contributed by atoms with E-state index in [-0.39, 0.29) is 24.4 Å². The summed E-state index contributed by atoms with van der Waals surface area (Å²) in [5.41, 5.74) is 5.61. The monoisotopic (exact) mass is 249 g/mol. The summed E-state index contributed by atoms with van der Waals surface area (Å²) in [5, 5.41) is 0. The number of piperidine rings is 1. The fraction of sp³-hybridized carbons (Fsp3) is 0.909. The maximum absolute atomic E-state index is 11.8. The summed E-state index contributed by atoms with van der Waals surface area (Å²) in [6.45, 7) is 6.07. The van der Waals surface area contributed by atoms with Gasteiger partial charge >= 0.3 is 0 Å². The average molecular weight is 250 g/mol.